The van der Waals surface area contributed by atoms with Crippen molar-refractivity contribution in [3.05, 3.63) is 0 Å². The molecule has 0 aliphatic heterocycles. The molecule has 0 radical (unpaired) electrons. The Kier molecular flexibility index (Phi) is 22.4. The number of unbranched alkanes of at least 4 members (excludes halogenated alkanes) is 15. The molecule has 166 valence electrons. The zero-order valence-corrected chi connectivity index (χ0v) is 22.6. The predicted molar refractivity (Wildman–Crippen MR) is 137 cm³/mol. The summed E-state index contributed by atoms with van der Waals surface area (Å²) in [5.74, 6) is 0. The third-order valence-electron chi connectivity index (χ3n) is 6.47. The number of hydrogen-bond acceptors (Lipinski definition) is 0. The van der Waals surface area contributed by atoms with E-state index in [1.165, 1.54) is 116 Å². The van der Waals surface area contributed by atoms with Crippen molar-refractivity contribution in [3.8, 4) is 0 Å². The van der Waals surface area contributed by atoms with Crippen molar-refractivity contribution >= 4 is 26.4 Å². The van der Waals surface area contributed by atoms with E-state index < -0.39 is 6.81 Å². The molecule has 0 fully saturated rings. The van der Waals surface area contributed by atoms with Gasteiger partial charge in [0.15, 0.2) is 0 Å². The average molecular weight is 437 g/mol. The summed E-state index contributed by atoms with van der Waals surface area (Å²) in [5, 5.41) is 0. The maximum atomic E-state index is 6.81. The maximum absolute atomic E-state index is 6.81. The summed E-state index contributed by atoms with van der Waals surface area (Å²) in [6.45, 7) is 5.88. The Balaban J connectivity index is 4.23. The van der Waals surface area contributed by atoms with Crippen molar-refractivity contribution in [2.75, 3.05) is 18.5 Å². The molecule has 0 aromatic rings. The van der Waals surface area contributed by atoms with Crippen LogP contribution in [0.3, 0.4) is 0 Å². The number of rotatable bonds is 22. The second-order valence-electron chi connectivity index (χ2n) is 9.19. The summed E-state index contributed by atoms with van der Waals surface area (Å²) in [5.41, 5.74) is 0. The first-order valence-electron chi connectivity index (χ1n) is 12.8. The predicted octanol–water partition coefficient (Wildman–Crippen LogP) is 9.06. The monoisotopic (exact) mass is 436 g/mol. The van der Waals surface area contributed by atoms with Crippen LogP contribution in [0, 0.1) is 0 Å². The van der Waals surface area contributed by atoms with Crippen molar-refractivity contribution in [3.63, 3.8) is 0 Å². The zero-order chi connectivity index (χ0) is 20.1. The molecule has 0 aliphatic carbocycles. The van der Waals surface area contributed by atoms with Crippen molar-refractivity contribution in [2.45, 2.75) is 136 Å². The molecule has 0 aliphatic rings. The topological polar surface area (TPSA) is 0 Å². The summed E-state index contributed by atoms with van der Waals surface area (Å²) in [4.78, 5) is 0. The molecule has 0 spiro atoms. The molecule has 0 saturated carbocycles. The molecule has 27 heavy (non-hydrogen) atoms. The van der Waals surface area contributed by atoms with Crippen LogP contribution in [0.15, 0.2) is 0 Å². The van der Waals surface area contributed by atoms with Crippen LogP contribution in [-0.4, -0.2) is 27.0 Å². The van der Waals surface area contributed by atoms with Crippen molar-refractivity contribution in [1.82, 2.24) is 0 Å². The molecule has 0 aromatic carbocycles. The SMILES string of the molecule is CCCCCCCC[PH](CCCCCCCC)(CCCCCCCC)[SiH2]Cl. The van der Waals surface area contributed by atoms with Crippen LogP contribution in [0.25, 0.3) is 0 Å². The minimum absolute atomic E-state index is 0.299. The van der Waals surface area contributed by atoms with Gasteiger partial charge >= 0.3 is 181 Å². The van der Waals surface area contributed by atoms with E-state index in [0.29, 0.717) is 0 Å². The Morgan fingerprint density at radius 3 is 0.963 bits per heavy atom. The van der Waals surface area contributed by atoms with Gasteiger partial charge in [-0.05, 0) is 0 Å². The van der Waals surface area contributed by atoms with E-state index in [9.17, 15) is 0 Å². The standard InChI is InChI=1S/C24H54ClPSi/c1-4-7-10-13-16-19-22-26(27-25,23-20-17-14-11-8-5-2)24-21-18-15-12-9-6-3/h26H,4-24,27H2,1-3H3. The first-order chi connectivity index (χ1) is 13.2. The van der Waals surface area contributed by atoms with Gasteiger partial charge in [-0.1, -0.05) is 0 Å². The fourth-order valence-corrected chi connectivity index (χ4v) is 15.6. The molecule has 0 N–H and O–H groups in total. The summed E-state index contributed by atoms with van der Waals surface area (Å²) in [6, 6.07) is 0. The average Bonchev–Trinajstić information content (AvgIpc) is 2.69. The molecule has 0 saturated heterocycles. The van der Waals surface area contributed by atoms with E-state index in [0.717, 1.165) is 0 Å². The summed E-state index contributed by atoms with van der Waals surface area (Å²) < 4.78 is 0. The van der Waals surface area contributed by atoms with Crippen LogP contribution in [-0.2, 0) is 0 Å². The Morgan fingerprint density at radius 2 is 0.704 bits per heavy atom. The van der Waals surface area contributed by atoms with Crippen LogP contribution in [0.4, 0.5) is 0 Å². The van der Waals surface area contributed by atoms with Gasteiger partial charge in [0.2, 0.25) is 0 Å². The van der Waals surface area contributed by atoms with E-state index in [4.69, 9.17) is 11.1 Å². The summed E-state index contributed by atoms with van der Waals surface area (Å²) in [7, 11) is -0.299. The van der Waals surface area contributed by atoms with Crippen LogP contribution < -0.4 is 0 Å². The van der Waals surface area contributed by atoms with E-state index in [1.54, 1.807) is 18.5 Å². The summed E-state index contributed by atoms with van der Waals surface area (Å²) >= 11 is 6.81. The zero-order valence-electron chi connectivity index (χ0n) is 19.4. The van der Waals surface area contributed by atoms with Crippen LogP contribution in [0.1, 0.15) is 136 Å². The van der Waals surface area contributed by atoms with E-state index >= 15 is 0 Å². The first-order valence-corrected chi connectivity index (χ1v) is 19.9. The van der Waals surface area contributed by atoms with Gasteiger partial charge in [-0.3, -0.25) is 0 Å². The minimum atomic E-state index is -1.07. The van der Waals surface area contributed by atoms with Crippen molar-refractivity contribution in [1.29, 1.82) is 0 Å². The van der Waals surface area contributed by atoms with Gasteiger partial charge in [0.05, 0.1) is 0 Å². The van der Waals surface area contributed by atoms with Gasteiger partial charge < -0.3 is 0 Å². The Labute approximate surface area is 181 Å². The van der Waals surface area contributed by atoms with Crippen molar-refractivity contribution < 1.29 is 0 Å². The van der Waals surface area contributed by atoms with Gasteiger partial charge in [0.1, 0.15) is 0 Å². The normalized spacial score (nSPS) is 13.0. The number of hydrogen-bond donors (Lipinski definition) is 0. The van der Waals surface area contributed by atoms with Gasteiger partial charge in [-0.2, -0.15) is 0 Å². The van der Waals surface area contributed by atoms with Crippen LogP contribution in [0.2, 0.25) is 0 Å². The molecule has 0 unspecified atom stereocenters. The van der Waals surface area contributed by atoms with Gasteiger partial charge in [-0.15, -0.1) is 0 Å². The van der Waals surface area contributed by atoms with Crippen molar-refractivity contribution in [2.24, 2.45) is 0 Å². The molecule has 0 rings (SSSR count). The molecule has 0 amide bonds. The third kappa shape index (κ3) is 17.5. The summed E-state index contributed by atoms with van der Waals surface area (Å²) in [6.07, 6.45) is 30.9. The quantitative estimate of drug-likeness (QED) is 0.0686. The van der Waals surface area contributed by atoms with Crippen LogP contribution in [0.5, 0.6) is 0 Å². The third-order valence-corrected chi connectivity index (χ3v) is 21.3. The molecule has 0 aromatic heterocycles. The van der Waals surface area contributed by atoms with Gasteiger partial charge in [-0.25, -0.2) is 0 Å². The number of halogens is 1. The van der Waals surface area contributed by atoms with E-state index in [2.05, 4.69) is 20.8 Å². The van der Waals surface area contributed by atoms with Gasteiger partial charge in [0, 0.05) is 0 Å². The second-order valence-corrected chi connectivity index (χ2v) is 21.7. The first kappa shape index (κ1) is 27.9. The van der Waals surface area contributed by atoms with Gasteiger partial charge in [0.25, 0.3) is 0 Å². The molecule has 0 heterocycles. The Hall–Kier alpha value is 0.937. The second kappa shape index (κ2) is 21.6. The van der Waals surface area contributed by atoms with Crippen LogP contribution >= 0.6 is 17.9 Å². The molecular formula is C24H54ClPSi. The molecule has 3 heteroatoms. The fourth-order valence-electron chi connectivity index (χ4n) is 4.42. The fraction of sp³-hybridized carbons (Fsp3) is 1.00. The Bertz CT molecular complexity index is 245. The van der Waals surface area contributed by atoms with E-state index in [1.807, 2.05) is 0 Å². The molecule has 0 bridgehead atoms. The van der Waals surface area contributed by atoms with E-state index in [-0.39, 0.29) is 8.50 Å². The molecule has 0 nitrogen and oxygen atoms in total. The molecular weight excluding hydrogens is 383 g/mol. The molecule has 0 atom stereocenters. The Morgan fingerprint density at radius 1 is 0.444 bits per heavy atom.